The molecular formula is C35H62N4O7SSi. The van der Waals surface area contributed by atoms with Crippen molar-refractivity contribution in [2.45, 2.75) is 143 Å². The van der Waals surface area contributed by atoms with Crippen LogP contribution in [0.25, 0.3) is 0 Å². The Balaban J connectivity index is 2.60. The van der Waals surface area contributed by atoms with Crippen LogP contribution < -0.4 is 5.32 Å². The lowest BCUT2D eigenvalue weighted by Gasteiger charge is -2.41. The predicted molar refractivity (Wildman–Crippen MR) is 192 cm³/mol. The molecule has 0 aliphatic carbocycles. The summed E-state index contributed by atoms with van der Waals surface area (Å²) in [5, 5.41) is 5.46. The van der Waals surface area contributed by atoms with E-state index >= 15 is 0 Å². The van der Waals surface area contributed by atoms with Crippen molar-refractivity contribution >= 4 is 43.4 Å². The Kier molecular flexibility index (Phi) is 17.7. The van der Waals surface area contributed by atoms with Crippen LogP contribution >= 0.6 is 11.3 Å². The van der Waals surface area contributed by atoms with E-state index in [2.05, 4.69) is 36.0 Å². The molecule has 2 amide bonds. The van der Waals surface area contributed by atoms with E-state index in [1.165, 1.54) is 18.4 Å². The van der Waals surface area contributed by atoms with Gasteiger partial charge in [0.1, 0.15) is 11.0 Å². The number of rotatable bonds is 20. The molecule has 274 valence electrons. The Labute approximate surface area is 294 Å². The van der Waals surface area contributed by atoms with Crippen LogP contribution in [0.1, 0.15) is 122 Å². The first kappa shape index (κ1) is 41.8. The molecule has 0 aromatic carbocycles. The number of nitrogens with zero attached hydrogens (tertiary/aromatic N) is 3. The number of hydrogen-bond acceptors (Lipinski definition) is 10. The molecule has 3 unspecified atom stereocenters. The number of piperidine rings is 1. The van der Waals surface area contributed by atoms with E-state index in [1.807, 2.05) is 41.7 Å². The van der Waals surface area contributed by atoms with Crippen molar-refractivity contribution < 1.29 is 33.1 Å². The van der Waals surface area contributed by atoms with Crippen molar-refractivity contribution in [2.24, 2.45) is 11.8 Å². The number of carbonyl (C=O) groups excluding carboxylic acids is 4. The van der Waals surface area contributed by atoms with Gasteiger partial charge in [-0.1, -0.05) is 68.2 Å². The van der Waals surface area contributed by atoms with Crippen LogP contribution in [-0.2, 0) is 28.3 Å². The molecule has 11 nitrogen and oxygen atoms in total. The number of esters is 2. The molecule has 1 saturated heterocycles. The zero-order chi connectivity index (χ0) is 36.0. The second-order valence-electron chi connectivity index (χ2n) is 13.5. The van der Waals surface area contributed by atoms with Crippen molar-refractivity contribution in [1.29, 1.82) is 0 Å². The van der Waals surface area contributed by atoms with E-state index in [-0.39, 0.29) is 54.5 Å². The van der Waals surface area contributed by atoms with Crippen molar-refractivity contribution in [3.05, 3.63) is 16.1 Å². The molecule has 0 bridgehead atoms. The SMILES string of the molecule is CCCC(=O)OCN(C(=O)C(NC(=O)C1CCCCN1C)C(C)CC)[C@H](C[C@@H](O[Si](CC)(CC)CC)c1nc(C(=O)OC)cs1)C(C)C. The number of likely N-dealkylation sites (N-methyl/N-ethyl adjacent to an activating group) is 1. The third-order valence-electron chi connectivity index (χ3n) is 10.1. The van der Waals surface area contributed by atoms with Gasteiger partial charge in [-0.05, 0) is 69.2 Å². The lowest BCUT2D eigenvalue weighted by Crippen LogP contribution is -2.59. The van der Waals surface area contributed by atoms with Crippen LogP contribution in [0.5, 0.6) is 0 Å². The molecule has 1 aromatic rings. The summed E-state index contributed by atoms with van der Waals surface area (Å²) in [6.07, 6.45) is 4.18. The highest BCUT2D eigenvalue weighted by molar-refractivity contribution is 7.09. The highest BCUT2D eigenvalue weighted by Crippen LogP contribution is 2.37. The van der Waals surface area contributed by atoms with Crippen molar-refractivity contribution in [3.8, 4) is 0 Å². The van der Waals surface area contributed by atoms with Crippen molar-refractivity contribution in [1.82, 2.24) is 20.1 Å². The lowest BCUT2D eigenvalue weighted by atomic mass is 9.92. The van der Waals surface area contributed by atoms with Gasteiger partial charge in [0.05, 0.1) is 19.3 Å². The van der Waals surface area contributed by atoms with E-state index in [4.69, 9.17) is 13.9 Å². The summed E-state index contributed by atoms with van der Waals surface area (Å²) >= 11 is 1.35. The monoisotopic (exact) mass is 710 g/mol. The van der Waals surface area contributed by atoms with Gasteiger partial charge in [0, 0.05) is 17.8 Å². The Morgan fingerprint density at radius 3 is 2.29 bits per heavy atom. The van der Waals surface area contributed by atoms with Gasteiger partial charge in [-0.3, -0.25) is 19.3 Å². The number of likely N-dealkylation sites (tertiary alicyclic amines) is 1. The molecule has 0 saturated carbocycles. The lowest BCUT2D eigenvalue weighted by molar-refractivity contribution is -0.159. The number of amides is 2. The average molecular weight is 711 g/mol. The molecule has 1 fully saturated rings. The topological polar surface area (TPSA) is 127 Å². The first-order chi connectivity index (χ1) is 22.8. The summed E-state index contributed by atoms with van der Waals surface area (Å²) in [6, 6.07) is 1.20. The van der Waals surface area contributed by atoms with Gasteiger partial charge >= 0.3 is 11.9 Å². The largest absolute Gasteiger partial charge is 0.464 e. The van der Waals surface area contributed by atoms with Crippen LogP contribution in [0, 0.1) is 11.8 Å². The fourth-order valence-electron chi connectivity index (χ4n) is 6.37. The molecule has 0 spiro atoms. The summed E-state index contributed by atoms with van der Waals surface area (Å²) in [5.74, 6) is -1.55. The fraction of sp³-hybridized carbons (Fsp3) is 0.800. The van der Waals surface area contributed by atoms with Gasteiger partial charge in [-0.15, -0.1) is 11.3 Å². The molecule has 0 radical (unpaired) electrons. The minimum Gasteiger partial charge on any atom is -0.464 e. The van der Waals surface area contributed by atoms with E-state index in [9.17, 15) is 19.2 Å². The van der Waals surface area contributed by atoms with Crippen molar-refractivity contribution in [2.75, 3.05) is 27.4 Å². The number of ether oxygens (including phenoxy) is 2. The Morgan fingerprint density at radius 1 is 1.08 bits per heavy atom. The average Bonchev–Trinajstić information content (AvgIpc) is 3.58. The number of hydrogen-bond donors (Lipinski definition) is 1. The van der Waals surface area contributed by atoms with E-state index in [0.717, 1.165) is 43.9 Å². The number of nitrogens with one attached hydrogen (secondary N) is 1. The summed E-state index contributed by atoms with van der Waals surface area (Å²) in [4.78, 5) is 61.8. The van der Waals surface area contributed by atoms with Gasteiger partial charge in [-0.2, -0.15) is 0 Å². The van der Waals surface area contributed by atoms with Gasteiger partial charge in [-0.25, -0.2) is 9.78 Å². The van der Waals surface area contributed by atoms with Crippen LogP contribution in [-0.4, -0.2) is 92.4 Å². The van der Waals surface area contributed by atoms with E-state index < -0.39 is 32.5 Å². The zero-order valence-electron chi connectivity index (χ0n) is 31.1. The molecule has 5 atom stereocenters. The van der Waals surface area contributed by atoms with Crippen LogP contribution in [0.15, 0.2) is 5.38 Å². The molecule has 2 rings (SSSR count). The van der Waals surface area contributed by atoms with Crippen LogP contribution in [0.3, 0.4) is 0 Å². The minimum atomic E-state index is -2.19. The Bertz CT molecular complexity index is 1170. The van der Waals surface area contributed by atoms with Crippen LogP contribution in [0.2, 0.25) is 18.1 Å². The molecular weight excluding hydrogens is 649 g/mol. The maximum absolute atomic E-state index is 14.8. The normalized spacial score (nSPS) is 18.1. The second-order valence-corrected chi connectivity index (χ2v) is 19.1. The molecule has 13 heteroatoms. The smallest absolute Gasteiger partial charge is 0.357 e. The minimum absolute atomic E-state index is 0.0660. The Morgan fingerprint density at radius 2 is 1.75 bits per heavy atom. The summed E-state index contributed by atoms with van der Waals surface area (Å²) in [7, 11) is 1.09. The summed E-state index contributed by atoms with van der Waals surface area (Å²) < 4.78 is 17.7. The summed E-state index contributed by atoms with van der Waals surface area (Å²) in [6.45, 7) is 17.0. The van der Waals surface area contributed by atoms with Gasteiger partial charge in [0.25, 0.3) is 0 Å². The molecule has 1 aliphatic rings. The molecule has 2 heterocycles. The predicted octanol–water partition coefficient (Wildman–Crippen LogP) is 6.55. The first-order valence-electron chi connectivity index (χ1n) is 18.0. The maximum atomic E-state index is 14.8. The molecule has 1 aromatic heterocycles. The number of carbonyl (C=O) groups is 4. The van der Waals surface area contributed by atoms with Gasteiger partial charge < -0.3 is 24.1 Å². The summed E-state index contributed by atoms with van der Waals surface area (Å²) in [5.41, 5.74) is 0.220. The number of methoxy groups -OCH3 is 1. The molecule has 48 heavy (non-hydrogen) atoms. The van der Waals surface area contributed by atoms with E-state index in [1.54, 1.807) is 10.3 Å². The zero-order valence-corrected chi connectivity index (χ0v) is 33.0. The third kappa shape index (κ3) is 11.3. The second kappa shape index (κ2) is 20.4. The van der Waals surface area contributed by atoms with Crippen LogP contribution in [0.4, 0.5) is 0 Å². The maximum Gasteiger partial charge on any atom is 0.357 e. The van der Waals surface area contributed by atoms with Crippen molar-refractivity contribution in [3.63, 3.8) is 0 Å². The highest BCUT2D eigenvalue weighted by atomic mass is 32.1. The van der Waals surface area contributed by atoms with Gasteiger partial charge in [0.2, 0.25) is 11.8 Å². The quantitative estimate of drug-likeness (QED) is 0.0911. The standard InChI is InChI=1S/C35H62N4O7SSi/c1-11-18-30(40)45-23-39(34(42)31(25(8)12-2)37-32(41)27-19-16-17-20-38(27)9)28(24(6)7)21-29(46-48(13-3,14-4)15-5)33-36-26(22-47-33)35(43)44-10/h22,24-25,27-29,31H,11-21,23H2,1-10H3,(H,37,41)/t25?,27?,28-,29-,31?/m1/s1. The number of aromatic nitrogens is 1. The first-order valence-corrected chi connectivity index (χ1v) is 21.4. The molecule has 1 N–H and O–H groups in total. The highest BCUT2D eigenvalue weighted by Gasteiger charge is 2.41. The third-order valence-corrected chi connectivity index (χ3v) is 15.7. The Hall–Kier alpha value is -2.35. The molecule has 1 aliphatic heterocycles. The number of thiazole rings is 1. The van der Waals surface area contributed by atoms with Gasteiger partial charge in [0.15, 0.2) is 20.7 Å². The fourth-order valence-corrected chi connectivity index (χ4v) is 10.1. The van der Waals surface area contributed by atoms with E-state index in [0.29, 0.717) is 24.3 Å².